The van der Waals surface area contributed by atoms with Crippen molar-refractivity contribution < 1.29 is 0 Å². The quantitative estimate of drug-likeness (QED) is 0.774. The maximum absolute atomic E-state index is 6.47. The second-order valence-corrected chi connectivity index (χ2v) is 6.25. The summed E-state index contributed by atoms with van der Waals surface area (Å²) in [5, 5.41) is 2.12. The number of hydrogen-bond donors (Lipinski definition) is 1. The van der Waals surface area contributed by atoms with Crippen molar-refractivity contribution in [3.05, 3.63) is 52.5 Å². The van der Waals surface area contributed by atoms with E-state index in [1.54, 1.807) is 11.3 Å². The van der Waals surface area contributed by atoms with Crippen molar-refractivity contribution in [1.82, 2.24) is 9.55 Å². The summed E-state index contributed by atoms with van der Waals surface area (Å²) in [4.78, 5) is 6.10. The van der Waals surface area contributed by atoms with Crippen LogP contribution in [0.15, 0.2) is 41.8 Å². The van der Waals surface area contributed by atoms with Gasteiger partial charge in [-0.3, -0.25) is 0 Å². The summed E-state index contributed by atoms with van der Waals surface area (Å²) in [5.74, 6) is 1.11. The number of rotatable bonds is 5. The fourth-order valence-corrected chi connectivity index (χ4v) is 3.76. The van der Waals surface area contributed by atoms with Gasteiger partial charge in [0.15, 0.2) is 0 Å². The summed E-state index contributed by atoms with van der Waals surface area (Å²) in [6, 6.07) is 12.9. The first-order valence-electron chi connectivity index (χ1n) is 7.51. The monoisotopic (exact) mass is 299 g/mol. The summed E-state index contributed by atoms with van der Waals surface area (Å²) in [7, 11) is 0. The van der Waals surface area contributed by atoms with Crippen molar-refractivity contribution in [2.24, 2.45) is 5.73 Å². The molecule has 2 N–H and O–H groups in total. The average molecular weight is 299 g/mol. The largest absolute Gasteiger partial charge is 0.326 e. The van der Waals surface area contributed by atoms with Gasteiger partial charge in [0.1, 0.15) is 5.82 Å². The second-order valence-electron chi connectivity index (χ2n) is 5.27. The molecule has 21 heavy (non-hydrogen) atoms. The average Bonchev–Trinajstić information content (AvgIpc) is 3.16. The predicted octanol–water partition coefficient (Wildman–Crippen LogP) is 3.99. The molecule has 0 spiro atoms. The topological polar surface area (TPSA) is 43.8 Å². The Morgan fingerprint density at radius 3 is 2.67 bits per heavy atom. The molecule has 0 bridgehead atoms. The van der Waals surface area contributed by atoms with E-state index in [4.69, 9.17) is 10.7 Å². The SMILES string of the molecule is CCc1nc2ccccc2n1C(c1cccs1)C(N)CC. The highest BCUT2D eigenvalue weighted by Crippen LogP contribution is 2.32. The predicted molar refractivity (Wildman–Crippen MR) is 89.8 cm³/mol. The highest BCUT2D eigenvalue weighted by Gasteiger charge is 2.25. The smallest absolute Gasteiger partial charge is 0.110 e. The Balaban J connectivity index is 2.23. The number of nitrogens with two attached hydrogens (primary N) is 1. The molecule has 2 aromatic heterocycles. The fraction of sp³-hybridized carbons (Fsp3) is 0.353. The number of aryl methyl sites for hydroxylation is 1. The second kappa shape index (κ2) is 6.00. The number of thiophene rings is 1. The molecule has 0 aliphatic heterocycles. The number of fused-ring (bicyclic) bond motifs is 1. The van der Waals surface area contributed by atoms with Gasteiger partial charge in [0.2, 0.25) is 0 Å². The lowest BCUT2D eigenvalue weighted by molar-refractivity contribution is 0.462. The van der Waals surface area contributed by atoms with Crippen LogP contribution >= 0.6 is 11.3 Å². The van der Waals surface area contributed by atoms with Gasteiger partial charge in [-0.15, -0.1) is 11.3 Å². The van der Waals surface area contributed by atoms with E-state index in [1.807, 2.05) is 6.07 Å². The van der Waals surface area contributed by atoms with Gasteiger partial charge in [-0.25, -0.2) is 4.98 Å². The van der Waals surface area contributed by atoms with Crippen LogP contribution in [-0.4, -0.2) is 15.6 Å². The van der Waals surface area contributed by atoms with Crippen LogP contribution in [0.25, 0.3) is 11.0 Å². The Kier molecular flexibility index (Phi) is 4.08. The van der Waals surface area contributed by atoms with Crippen molar-refractivity contribution in [2.45, 2.75) is 38.8 Å². The molecule has 2 atom stereocenters. The lowest BCUT2D eigenvalue weighted by Gasteiger charge is -2.26. The maximum Gasteiger partial charge on any atom is 0.110 e. The van der Waals surface area contributed by atoms with E-state index in [9.17, 15) is 0 Å². The van der Waals surface area contributed by atoms with Crippen molar-refractivity contribution in [2.75, 3.05) is 0 Å². The first kappa shape index (κ1) is 14.3. The van der Waals surface area contributed by atoms with Crippen LogP contribution in [-0.2, 0) is 6.42 Å². The van der Waals surface area contributed by atoms with Gasteiger partial charge in [0.25, 0.3) is 0 Å². The van der Waals surface area contributed by atoms with Crippen LogP contribution in [0, 0.1) is 0 Å². The third kappa shape index (κ3) is 2.49. The van der Waals surface area contributed by atoms with Gasteiger partial charge in [0, 0.05) is 17.3 Å². The molecule has 0 aliphatic rings. The molecule has 3 aromatic rings. The molecule has 0 saturated carbocycles. The van der Waals surface area contributed by atoms with Crippen LogP contribution in [0.5, 0.6) is 0 Å². The van der Waals surface area contributed by atoms with Crippen LogP contribution in [0.1, 0.15) is 37.0 Å². The molecule has 0 aliphatic carbocycles. The molecule has 0 saturated heterocycles. The zero-order valence-electron chi connectivity index (χ0n) is 12.5. The minimum absolute atomic E-state index is 0.0894. The Hall–Kier alpha value is -1.65. The van der Waals surface area contributed by atoms with Crippen LogP contribution in [0.2, 0.25) is 0 Å². The molecule has 110 valence electrons. The molecule has 3 nitrogen and oxygen atoms in total. The zero-order valence-corrected chi connectivity index (χ0v) is 13.3. The first-order valence-corrected chi connectivity index (χ1v) is 8.39. The van der Waals surface area contributed by atoms with Crippen molar-refractivity contribution in [1.29, 1.82) is 0 Å². The normalized spacial score (nSPS) is 14.4. The Labute approximate surface area is 129 Å². The minimum Gasteiger partial charge on any atom is -0.326 e. The van der Waals surface area contributed by atoms with Crippen LogP contribution in [0.3, 0.4) is 0 Å². The van der Waals surface area contributed by atoms with Gasteiger partial charge in [-0.2, -0.15) is 0 Å². The first-order chi connectivity index (χ1) is 10.3. The van der Waals surface area contributed by atoms with E-state index in [0.717, 1.165) is 24.2 Å². The minimum atomic E-state index is 0.0894. The molecule has 2 heterocycles. The Bertz CT molecular complexity index is 715. The molecule has 4 heteroatoms. The van der Waals surface area contributed by atoms with Crippen LogP contribution < -0.4 is 5.73 Å². The molecule has 2 unspecified atom stereocenters. The lowest BCUT2D eigenvalue weighted by Crippen LogP contribution is -2.32. The number of hydrogen-bond acceptors (Lipinski definition) is 3. The Morgan fingerprint density at radius 2 is 2.00 bits per heavy atom. The highest BCUT2D eigenvalue weighted by atomic mass is 32.1. The van der Waals surface area contributed by atoms with E-state index in [-0.39, 0.29) is 12.1 Å². The number of para-hydroxylation sites is 2. The van der Waals surface area contributed by atoms with E-state index in [1.165, 1.54) is 10.4 Å². The zero-order chi connectivity index (χ0) is 14.8. The number of aromatic nitrogens is 2. The van der Waals surface area contributed by atoms with Crippen molar-refractivity contribution in [3.63, 3.8) is 0 Å². The lowest BCUT2D eigenvalue weighted by atomic mass is 10.0. The summed E-state index contributed by atoms with van der Waals surface area (Å²) in [6.45, 7) is 4.30. The van der Waals surface area contributed by atoms with E-state index in [2.05, 4.69) is 54.1 Å². The van der Waals surface area contributed by atoms with Gasteiger partial charge in [0.05, 0.1) is 17.1 Å². The molecule has 0 amide bonds. The van der Waals surface area contributed by atoms with Crippen molar-refractivity contribution in [3.8, 4) is 0 Å². The van der Waals surface area contributed by atoms with Gasteiger partial charge >= 0.3 is 0 Å². The molecular weight excluding hydrogens is 278 g/mol. The molecule has 3 rings (SSSR count). The van der Waals surface area contributed by atoms with Crippen molar-refractivity contribution >= 4 is 22.4 Å². The fourth-order valence-electron chi connectivity index (χ4n) is 2.87. The molecular formula is C17H21N3S. The standard InChI is InChI=1S/C17H21N3S/c1-3-12(18)17(15-10-7-11-21-15)20-14-9-6-5-8-13(14)19-16(20)4-2/h5-12,17H,3-4,18H2,1-2H3. The molecule has 0 fully saturated rings. The summed E-state index contributed by atoms with van der Waals surface area (Å²) in [6.07, 6.45) is 1.85. The summed E-state index contributed by atoms with van der Waals surface area (Å²) in [5.41, 5.74) is 8.70. The molecule has 0 radical (unpaired) electrons. The van der Waals surface area contributed by atoms with E-state index < -0.39 is 0 Å². The third-order valence-corrected chi connectivity index (χ3v) is 4.92. The number of benzene rings is 1. The van der Waals surface area contributed by atoms with E-state index >= 15 is 0 Å². The third-order valence-electron chi connectivity index (χ3n) is 3.97. The Morgan fingerprint density at radius 1 is 1.19 bits per heavy atom. The summed E-state index contributed by atoms with van der Waals surface area (Å²) < 4.78 is 2.34. The highest BCUT2D eigenvalue weighted by molar-refractivity contribution is 7.10. The van der Waals surface area contributed by atoms with Gasteiger partial charge in [-0.05, 0) is 30.0 Å². The van der Waals surface area contributed by atoms with Gasteiger partial charge < -0.3 is 10.3 Å². The van der Waals surface area contributed by atoms with Crippen LogP contribution in [0.4, 0.5) is 0 Å². The molecule has 1 aromatic carbocycles. The maximum atomic E-state index is 6.47. The van der Waals surface area contributed by atoms with E-state index in [0.29, 0.717) is 0 Å². The summed E-state index contributed by atoms with van der Waals surface area (Å²) >= 11 is 1.77. The van der Waals surface area contributed by atoms with Gasteiger partial charge in [-0.1, -0.05) is 32.0 Å². The number of nitrogens with zero attached hydrogens (tertiary/aromatic N) is 2. The number of imidazole rings is 1.